The molecule has 0 bridgehead atoms. The summed E-state index contributed by atoms with van der Waals surface area (Å²) in [5, 5.41) is 0. The molecule has 28 heavy (non-hydrogen) atoms. The second-order valence-corrected chi connectivity index (χ2v) is 9.32. The van der Waals surface area contributed by atoms with Crippen LogP contribution < -0.4 is 4.31 Å². The van der Waals surface area contributed by atoms with Crippen LogP contribution in [0, 0.1) is 5.82 Å². The average molecular weight is 402 g/mol. The predicted molar refractivity (Wildman–Crippen MR) is 105 cm³/mol. The average Bonchev–Trinajstić information content (AvgIpc) is 3.04. The Morgan fingerprint density at radius 1 is 1.04 bits per heavy atom. The number of rotatable bonds is 3. The summed E-state index contributed by atoms with van der Waals surface area (Å²) in [5.41, 5.74) is 2.04. The maximum Gasteiger partial charge on any atom is 0.264 e. The predicted octanol–water partition coefficient (Wildman–Crippen LogP) is 3.59. The van der Waals surface area contributed by atoms with Crippen LogP contribution in [-0.2, 0) is 16.4 Å². The van der Waals surface area contributed by atoms with E-state index in [1.807, 2.05) is 17.9 Å². The summed E-state index contributed by atoms with van der Waals surface area (Å²) in [6.07, 6.45) is 3.74. The normalized spacial score (nSPS) is 19.6. The second kappa shape index (κ2) is 7.20. The van der Waals surface area contributed by atoms with Crippen molar-refractivity contribution in [3.63, 3.8) is 0 Å². The highest BCUT2D eigenvalue weighted by molar-refractivity contribution is 7.92. The number of carbonyl (C=O) groups is 1. The Labute approximate surface area is 164 Å². The summed E-state index contributed by atoms with van der Waals surface area (Å²) in [4.78, 5) is 14.7. The first-order valence-electron chi connectivity index (χ1n) is 9.60. The van der Waals surface area contributed by atoms with E-state index in [2.05, 4.69) is 0 Å². The minimum Gasteiger partial charge on any atom is -0.339 e. The molecule has 0 unspecified atom stereocenters. The minimum atomic E-state index is -3.80. The third-order valence-electron chi connectivity index (χ3n) is 5.49. The van der Waals surface area contributed by atoms with Crippen molar-refractivity contribution in [2.24, 2.45) is 0 Å². The molecule has 1 amide bonds. The van der Waals surface area contributed by atoms with E-state index in [0.717, 1.165) is 50.0 Å². The van der Waals surface area contributed by atoms with Crippen molar-refractivity contribution in [2.45, 2.75) is 43.5 Å². The van der Waals surface area contributed by atoms with Crippen LogP contribution in [0.5, 0.6) is 0 Å². The first kappa shape index (κ1) is 18.9. The zero-order valence-electron chi connectivity index (χ0n) is 15.8. The van der Waals surface area contributed by atoms with E-state index in [1.54, 1.807) is 12.1 Å². The summed E-state index contributed by atoms with van der Waals surface area (Å²) in [6, 6.07) is 9.84. The van der Waals surface area contributed by atoms with E-state index < -0.39 is 15.8 Å². The molecule has 2 aromatic rings. The topological polar surface area (TPSA) is 57.7 Å². The quantitative estimate of drug-likeness (QED) is 0.788. The minimum absolute atomic E-state index is 0.00925. The number of anilines is 1. The summed E-state index contributed by atoms with van der Waals surface area (Å²) in [7, 11) is -3.80. The van der Waals surface area contributed by atoms with E-state index >= 15 is 0 Å². The molecule has 0 spiro atoms. The van der Waals surface area contributed by atoms with Crippen molar-refractivity contribution in [1.82, 2.24) is 4.90 Å². The first-order valence-corrected chi connectivity index (χ1v) is 11.0. The first-order chi connectivity index (χ1) is 13.4. The largest absolute Gasteiger partial charge is 0.339 e. The van der Waals surface area contributed by atoms with Gasteiger partial charge in [0, 0.05) is 24.7 Å². The molecular formula is C21H23FN2O3S. The van der Waals surface area contributed by atoms with Crippen LogP contribution in [0.4, 0.5) is 10.1 Å². The van der Waals surface area contributed by atoms with Gasteiger partial charge in [-0.3, -0.25) is 9.10 Å². The SMILES string of the molecule is C[C@H]1Cc2cc(C(=O)N3CCCCC3)ccc2N1S(=O)(=O)c1ccc(F)cc1. The van der Waals surface area contributed by atoms with E-state index in [-0.39, 0.29) is 16.8 Å². The van der Waals surface area contributed by atoms with Crippen LogP contribution in [-0.4, -0.2) is 38.4 Å². The Kier molecular flexibility index (Phi) is 4.87. The molecule has 0 saturated carbocycles. The molecule has 2 aliphatic rings. The Hall–Kier alpha value is -2.41. The third-order valence-corrected chi connectivity index (χ3v) is 7.44. The molecule has 0 aromatic heterocycles. The van der Waals surface area contributed by atoms with Gasteiger partial charge >= 0.3 is 0 Å². The van der Waals surface area contributed by atoms with Gasteiger partial charge in [-0.05, 0) is 80.6 Å². The molecule has 7 heteroatoms. The molecule has 2 heterocycles. The number of halogens is 1. The molecule has 0 aliphatic carbocycles. The van der Waals surface area contributed by atoms with Gasteiger partial charge in [0.1, 0.15) is 5.82 Å². The lowest BCUT2D eigenvalue weighted by molar-refractivity contribution is 0.0724. The smallest absolute Gasteiger partial charge is 0.264 e. The molecule has 1 saturated heterocycles. The molecule has 2 aromatic carbocycles. The van der Waals surface area contributed by atoms with Crippen LogP contribution in [0.15, 0.2) is 47.4 Å². The summed E-state index contributed by atoms with van der Waals surface area (Å²) < 4.78 is 40.8. The number of hydrogen-bond acceptors (Lipinski definition) is 3. The monoisotopic (exact) mass is 402 g/mol. The van der Waals surface area contributed by atoms with E-state index in [4.69, 9.17) is 0 Å². The molecule has 4 rings (SSSR count). The standard InChI is InChI=1S/C21H23FN2O3S/c1-15-13-17-14-16(21(25)23-11-3-2-4-12-23)5-10-20(17)24(15)28(26,27)19-8-6-18(22)7-9-19/h5-10,14-15H,2-4,11-13H2,1H3/t15-/m0/s1. The van der Waals surface area contributed by atoms with Gasteiger partial charge < -0.3 is 4.90 Å². The number of amides is 1. The van der Waals surface area contributed by atoms with Gasteiger partial charge in [-0.1, -0.05) is 0 Å². The molecule has 2 aliphatic heterocycles. The molecule has 148 valence electrons. The van der Waals surface area contributed by atoms with E-state index in [0.29, 0.717) is 17.7 Å². The summed E-state index contributed by atoms with van der Waals surface area (Å²) in [5.74, 6) is -0.468. The summed E-state index contributed by atoms with van der Waals surface area (Å²) in [6.45, 7) is 3.39. The zero-order chi connectivity index (χ0) is 19.9. The molecule has 1 fully saturated rings. The van der Waals surface area contributed by atoms with Crippen LogP contribution in [0.25, 0.3) is 0 Å². The van der Waals surface area contributed by atoms with Gasteiger partial charge in [0.25, 0.3) is 15.9 Å². The number of likely N-dealkylation sites (tertiary alicyclic amines) is 1. The van der Waals surface area contributed by atoms with Gasteiger partial charge in [0.15, 0.2) is 0 Å². The number of piperidine rings is 1. The number of hydrogen-bond donors (Lipinski definition) is 0. The Balaban J connectivity index is 1.66. The van der Waals surface area contributed by atoms with E-state index in [1.165, 1.54) is 16.4 Å². The Morgan fingerprint density at radius 2 is 1.71 bits per heavy atom. The molecule has 0 N–H and O–H groups in total. The Morgan fingerprint density at radius 3 is 2.39 bits per heavy atom. The van der Waals surface area contributed by atoms with Crippen molar-refractivity contribution in [1.29, 1.82) is 0 Å². The maximum absolute atomic E-state index is 13.2. The van der Waals surface area contributed by atoms with Gasteiger partial charge in [0.05, 0.1) is 10.6 Å². The van der Waals surface area contributed by atoms with Crippen molar-refractivity contribution in [2.75, 3.05) is 17.4 Å². The number of carbonyl (C=O) groups excluding carboxylic acids is 1. The van der Waals surface area contributed by atoms with Crippen LogP contribution in [0.2, 0.25) is 0 Å². The number of benzene rings is 2. The van der Waals surface area contributed by atoms with Gasteiger partial charge in [0.2, 0.25) is 0 Å². The number of nitrogens with zero attached hydrogens (tertiary/aromatic N) is 2. The van der Waals surface area contributed by atoms with Crippen LogP contribution in [0.1, 0.15) is 42.1 Å². The second-order valence-electron chi connectivity index (χ2n) is 7.50. The van der Waals surface area contributed by atoms with Crippen molar-refractivity contribution in [3.05, 3.63) is 59.4 Å². The Bertz CT molecular complexity index is 999. The van der Waals surface area contributed by atoms with Crippen molar-refractivity contribution >= 4 is 21.6 Å². The fourth-order valence-corrected chi connectivity index (χ4v) is 5.79. The molecule has 1 atom stereocenters. The van der Waals surface area contributed by atoms with Gasteiger partial charge in [-0.15, -0.1) is 0 Å². The number of sulfonamides is 1. The molecular weight excluding hydrogens is 379 g/mol. The van der Waals surface area contributed by atoms with Gasteiger partial charge in [-0.2, -0.15) is 0 Å². The fraction of sp³-hybridized carbons (Fsp3) is 0.381. The van der Waals surface area contributed by atoms with Crippen molar-refractivity contribution in [3.8, 4) is 0 Å². The fourth-order valence-electron chi connectivity index (χ4n) is 4.10. The van der Waals surface area contributed by atoms with E-state index in [9.17, 15) is 17.6 Å². The lowest BCUT2D eigenvalue weighted by Gasteiger charge is -2.27. The van der Waals surface area contributed by atoms with Crippen LogP contribution >= 0.6 is 0 Å². The van der Waals surface area contributed by atoms with Gasteiger partial charge in [-0.25, -0.2) is 12.8 Å². The lowest BCUT2D eigenvalue weighted by Crippen LogP contribution is -2.36. The summed E-state index contributed by atoms with van der Waals surface area (Å²) >= 11 is 0. The molecule has 0 radical (unpaired) electrons. The highest BCUT2D eigenvalue weighted by atomic mass is 32.2. The maximum atomic E-state index is 13.2. The zero-order valence-corrected chi connectivity index (χ0v) is 16.6. The van der Waals surface area contributed by atoms with Crippen LogP contribution in [0.3, 0.4) is 0 Å². The van der Waals surface area contributed by atoms with Crippen molar-refractivity contribution < 1.29 is 17.6 Å². The third kappa shape index (κ3) is 3.28. The number of fused-ring (bicyclic) bond motifs is 1. The highest BCUT2D eigenvalue weighted by Crippen LogP contribution is 2.37. The lowest BCUT2D eigenvalue weighted by atomic mass is 10.0. The highest BCUT2D eigenvalue weighted by Gasteiger charge is 2.36. The molecule has 5 nitrogen and oxygen atoms in total.